The summed E-state index contributed by atoms with van der Waals surface area (Å²) in [5.74, 6) is 0.389. The molecule has 1 rings (SSSR count). The van der Waals surface area contributed by atoms with Gasteiger partial charge in [-0.25, -0.2) is 0 Å². The van der Waals surface area contributed by atoms with Crippen LogP contribution in [0.4, 0.5) is 5.82 Å². The molecule has 1 aromatic heterocycles. The predicted octanol–water partition coefficient (Wildman–Crippen LogP) is -1.05. The Morgan fingerprint density at radius 3 is 2.87 bits per heavy atom. The molecule has 0 spiro atoms. The zero-order chi connectivity index (χ0) is 11.4. The van der Waals surface area contributed by atoms with Crippen LogP contribution in [0.25, 0.3) is 12.7 Å². The van der Waals surface area contributed by atoms with Gasteiger partial charge in [-0.1, -0.05) is 0 Å². The van der Waals surface area contributed by atoms with Crippen LogP contribution in [0, 0.1) is 0 Å². The van der Waals surface area contributed by atoms with Gasteiger partial charge in [0.25, 0.3) is 0 Å². The van der Waals surface area contributed by atoms with Crippen molar-refractivity contribution in [2.75, 3.05) is 5.73 Å². The van der Waals surface area contributed by atoms with Crippen molar-refractivity contribution < 1.29 is 21.8 Å². The van der Waals surface area contributed by atoms with Crippen LogP contribution in [-0.2, 0) is 21.8 Å². The van der Waals surface area contributed by atoms with Gasteiger partial charge in [0.1, 0.15) is 0 Å². The average Bonchev–Trinajstić information content (AvgIpc) is 2.22. The molecule has 0 fully saturated rings. The summed E-state index contributed by atoms with van der Waals surface area (Å²) in [5.41, 5.74) is 5.66. The molecule has 77 valence electrons. The van der Waals surface area contributed by atoms with Crippen LogP contribution in [0.3, 0.4) is 0 Å². The van der Waals surface area contributed by atoms with E-state index >= 15 is 0 Å². The molecule has 0 amide bonds. The number of carbonyl (C=O) groups excluding carboxylic acids is 1. The summed E-state index contributed by atoms with van der Waals surface area (Å²) in [7, 11) is 0. The predicted molar refractivity (Wildman–Crippen MR) is 56.0 cm³/mol. The summed E-state index contributed by atoms with van der Waals surface area (Å²) in [6, 6.07) is 0. The van der Waals surface area contributed by atoms with E-state index in [0.29, 0.717) is 27.0 Å². The number of nitrogens with zero attached hydrogens (tertiary/aromatic N) is 2. The van der Waals surface area contributed by atoms with Crippen LogP contribution in [-0.4, -0.2) is 20.0 Å². The molecule has 0 saturated carbocycles. The molecule has 0 saturated heterocycles. The van der Waals surface area contributed by atoms with Gasteiger partial charge in [0.15, 0.2) is 0 Å². The van der Waals surface area contributed by atoms with Gasteiger partial charge in [0, 0.05) is 0 Å². The third-order valence-electron chi connectivity index (χ3n) is 1.89. The van der Waals surface area contributed by atoms with Crippen LogP contribution in [0.1, 0.15) is 13.3 Å². The topological polar surface area (TPSA) is 68.9 Å². The van der Waals surface area contributed by atoms with Crippen molar-refractivity contribution in [2.24, 2.45) is 0 Å². The van der Waals surface area contributed by atoms with Crippen molar-refractivity contribution in [2.45, 2.75) is 13.3 Å². The standard InChI is InChI=1S/C10H11N3O.V/c1-3-8(14)4-5-9-7(2)12-6-13-10(9)11;/h5-6H,2-3H2,1H3,(H2,11,12,13);/b9-5+;. The van der Waals surface area contributed by atoms with Gasteiger partial charge in [-0.3, -0.25) is 0 Å². The SMILES string of the molecule is C=c1ncnc(N)/c1=C/[C](=[V])C(=O)CC. The number of nitrogens with two attached hydrogens (primary N) is 1. The summed E-state index contributed by atoms with van der Waals surface area (Å²) in [5, 5.41) is 1.13. The Morgan fingerprint density at radius 2 is 2.33 bits per heavy atom. The minimum atomic E-state index is 0.0534. The summed E-state index contributed by atoms with van der Waals surface area (Å²) in [6.45, 7) is 5.53. The van der Waals surface area contributed by atoms with E-state index < -0.39 is 0 Å². The molecule has 0 aliphatic heterocycles. The van der Waals surface area contributed by atoms with Crippen molar-refractivity contribution >= 4 is 28.5 Å². The van der Waals surface area contributed by atoms with E-state index in [1.54, 1.807) is 13.0 Å². The van der Waals surface area contributed by atoms with E-state index in [1.165, 1.54) is 6.33 Å². The molecule has 0 aliphatic rings. The van der Waals surface area contributed by atoms with Crippen LogP contribution in [0.15, 0.2) is 6.33 Å². The Balaban J connectivity index is 3.28. The van der Waals surface area contributed by atoms with Crippen molar-refractivity contribution in [3.8, 4) is 0 Å². The fourth-order valence-corrected chi connectivity index (χ4v) is 1.45. The normalized spacial score (nSPS) is 11.3. The molecule has 1 heterocycles. The van der Waals surface area contributed by atoms with Gasteiger partial charge in [-0.05, 0) is 0 Å². The molecular weight excluding hydrogens is 229 g/mol. The summed E-state index contributed by atoms with van der Waals surface area (Å²) in [6.07, 6.45) is 3.46. The Morgan fingerprint density at radius 1 is 1.67 bits per heavy atom. The van der Waals surface area contributed by atoms with Gasteiger partial charge < -0.3 is 0 Å². The third-order valence-corrected chi connectivity index (χ3v) is 2.48. The first-order valence-corrected chi connectivity index (χ1v) is 5.12. The maximum atomic E-state index is 11.4. The van der Waals surface area contributed by atoms with E-state index in [9.17, 15) is 4.79 Å². The fraction of sp³-hybridized carbons (Fsp3) is 0.200. The molecular formula is C10H11N3OV. The second-order valence-electron chi connectivity index (χ2n) is 2.93. The molecule has 0 aromatic carbocycles. The van der Waals surface area contributed by atoms with Crippen LogP contribution in [0.5, 0.6) is 0 Å². The number of anilines is 1. The number of ketones is 1. The molecule has 4 nitrogen and oxygen atoms in total. The van der Waals surface area contributed by atoms with Crippen molar-refractivity contribution in [1.29, 1.82) is 0 Å². The molecule has 15 heavy (non-hydrogen) atoms. The number of hydrogen-bond acceptors (Lipinski definition) is 4. The number of nitrogen functional groups attached to an aromatic ring is 1. The fourth-order valence-electron chi connectivity index (χ4n) is 1.00. The Bertz CT molecular complexity index is 510. The van der Waals surface area contributed by atoms with E-state index in [1.807, 2.05) is 0 Å². The molecule has 0 bridgehead atoms. The van der Waals surface area contributed by atoms with E-state index in [4.69, 9.17) is 5.73 Å². The molecule has 5 heteroatoms. The van der Waals surface area contributed by atoms with Crippen molar-refractivity contribution in [3.63, 3.8) is 0 Å². The number of carbonyl (C=O) groups is 1. The number of aromatic nitrogens is 2. The van der Waals surface area contributed by atoms with E-state index in [0.717, 1.165) is 0 Å². The molecule has 0 atom stereocenters. The first kappa shape index (κ1) is 11.8. The first-order chi connectivity index (χ1) is 7.06. The molecule has 0 radical (unpaired) electrons. The van der Waals surface area contributed by atoms with Gasteiger partial charge in [-0.2, -0.15) is 0 Å². The van der Waals surface area contributed by atoms with Crippen LogP contribution in [0.2, 0.25) is 0 Å². The molecule has 0 aliphatic carbocycles. The van der Waals surface area contributed by atoms with E-state index in [-0.39, 0.29) is 5.78 Å². The second kappa shape index (κ2) is 5.00. The Hall–Kier alpha value is -1.26. The average molecular weight is 240 g/mol. The summed E-state index contributed by atoms with van der Waals surface area (Å²) >= 11 is 2.23. The molecule has 0 unspecified atom stereocenters. The zero-order valence-corrected chi connectivity index (χ0v) is 9.79. The molecule has 2 N–H and O–H groups in total. The summed E-state index contributed by atoms with van der Waals surface area (Å²) < 4.78 is 0.580. The number of Topliss-reactive ketones (excluding diaryl/α,β-unsaturated/α-hetero) is 1. The van der Waals surface area contributed by atoms with Crippen molar-refractivity contribution in [3.05, 3.63) is 16.9 Å². The summed E-state index contributed by atoms with van der Waals surface area (Å²) in [4.78, 5) is 19.1. The van der Waals surface area contributed by atoms with Gasteiger partial charge in [-0.15, -0.1) is 0 Å². The van der Waals surface area contributed by atoms with Crippen molar-refractivity contribution in [1.82, 2.24) is 9.97 Å². The number of rotatable bonds is 3. The quantitative estimate of drug-likeness (QED) is 0.731. The first-order valence-electron chi connectivity index (χ1n) is 4.42. The second-order valence-corrected chi connectivity index (χ2v) is 3.68. The monoisotopic (exact) mass is 240 g/mol. The van der Waals surface area contributed by atoms with Crippen LogP contribution >= 0.6 is 0 Å². The molecule has 1 aromatic rings. The third kappa shape index (κ3) is 2.84. The minimum absolute atomic E-state index is 0.0534. The zero-order valence-electron chi connectivity index (χ0n) is 8.40. The van der Waals surface area contributed by atoms with Gasteiger partial charge in [0.2, 0.25) is 0 Å². The maximum absolute atomic E-state index is 11.4. The Kier molecular flexibility index (Phi) is 3.94. The van der Waals surface area contributed by atoms with Gasteiger partial charge >= 0.3 is 96.2 Å². The number of hydrogen-bond donors (Lipinski definition) is 1. The van der Waals surface area contributed by atoms with E-state index in [2.05, 4.69) is 33.5 Å². The Labute approximate surface area is 96.4 Å². The van der Waals surface area contributed by atoms with Crippen LogP contribution < -0.4 is 16.3 Å². The van der Waals surface area contributed by atoms with Gasteiger partial charge in [0.05, 0.1) is 0 Å².